The lowest BCUT2D eigenvalue weighted by atomic mass is 10.1. The van der Waals surface area contributed by atoms with Crippen molar-refractivity contribution in [3.63, 3.8) is 0 Å². The van der Waals surface area contributed by atoms with Gasteiger partial charge in [0.15, 0.2) is 5.03 Å². The van der Waals surface area contributed by atoms with Crippen LogP contribution in [0.25, 0.3) is 0 Å². The van der Waals surface area contributed by atoms with Crippen molar-refractivity contribution < 1.29 is 8.42 Å². The average Bonchev–Trinajstić information content (AvgIpc) is 2.76. The number of nitrogens with zero attached hydrogens (tertiary/aromatic N) is 2. The highest BCUT2D eigenvalue weighted by atomic mass is 35.7. The smallest absolute Gasteiger partial charge is 0.276 e. The second kappa shape index (κ2) is 4.44. The number of rotatable bonds is 3. The highest BCUT2D eigenvalue weighted by Gasteiger charge is 2.17. The summed E-state index contributed by atoms with van der Waals surface area (Å²) in [6.45, 7) is 3.93. The molecule has 0 aliphatic heterocycles. The lowest BCUT2D eigenvalue weighted by molar-refractivity contribution is 0.600. The molecule has 0 fully saturated rings. The van der Waals surface area contributed by atoms with Gasteiger partial charge in [0.1, 0.15) is 0 Å². The summed E-state index contributed by atoms with van der Waals surface area (Å²) in [5, 5.41) is 7.20. The molecule has 1 N–H and O–H groups in total. The Morgan fingerprint density at radius 1 is 1.44 bits per heavy atom. The SMILES string of the molecule is Cc1[nH]nc(Cc2cc(S(=O)(=O)Cl)n(C)c2)c1C. The number of hydrogen-bond acceptors (Lipinski definition) is 3. The van der Waals surface area contributed by atoms with Crippen molar-refractivity contribution in [1.29, 1.82) is 0 Å². The number of halogens is 1. The zero-order chi connectivity index (χ0) is 13.5. The molecular weight excluding hydrogens is 274 g/mol. The quantitative estimate of drug-likeness (QED) is 0.877. The summed E-state index contributed by atoms with van der Waals surface area (Å²) in [5.74, 6) is 0. The van der Waals surface area contributed by atoms with Gasteiger partial charge in [-0.3, -0.25) is 5.10 Å². The van der Waals surface area contributed by atoms with Crippen molar-refractivity contribution in [3.05, 3.63) is 34.8 Å². The molecule has 2 aromatic heterocycles. The second-order valence-electron chi connectivity index (χ2n) is 4.33. The molecule has 0 saturated heterocycles. The molecule has 0 radical (unpaired) electrons. The molecule has 0 saturated carbocycles. The van der Waals surface area contributed by atoms with E-state index in [4.69, 9.17) is 10.7 Å². The Labute approximate surface area is 110 Å². The fraction of sp³-hybridized carbons (Fsp3) is 0.364. The molecule has 18 heavy (non-hydrogen) atoms. The van der Waals surface area contributed by atoms with Gasteiger partial charge in [-0.1, -0.05) is 0 Å². The van der Waals surface area contributed by atoms with E-state index in [9.17, 15) is 8.42 Å². The van der Waals surface area contributed by atoms with Gasteiger partial charge in [0.25, 0.3) is 9.05 Å². The van der Waals surface area contributed by atoms with Crippen molar-refractivity contribution in [2.75, 3.05) is 0 Å². The Kier molecular flexibility index (Phi) is 3.25. The predicted octanol–water partition coefficient (Wildman–Crippen LogP) is 1.88. The van der Waals surface area contributed by atoms with Gasteiger partial charge in [-0.05, 0) is 31.0 Å². The molecule has 2 rings (SSSR count). The summed E-state index contributed by atoms with van der Waals surface area (Å²) in [6.07, 6.45) is 2.33. The van der Waals surface area contributed by atoms with Crippen LogP contribution in [-0.2, 0) is 22.5 Å². The molecule has 2 aromatic rings. The van der Waals surface area contributed by atoms with Crippen LogP contribution in [0.5, 0.6) is 0 Å². The summed E-state index contributed by atoms with van der Waals surface area (Å²) >= 11 is 0. The minimum absolute atomic E-state index is 0.101. The lowest BCUT2D eigenvalue weighted by Crippen LogP contribution is -1.97. The van der Waals surface area contributed by atoms with Crippen molar-refractivity contribution in [2.24, 2.45) is 7.05 Å². The van der Waals surface area contributed by atoms with E-state index in [1.54, 1.807) is 19.3 Å². The maximum atomic E-state index is 11.3. The third-order valence-electron chi connectivity index (χ3n) is 2.99. The van der Waals surface area contributed by atoms with E-state index >= 15 is 0 Å². The highest BCUT2D eigenvalue weighted by Crippen LogP contribution is 2.20. The summed E-state index contributed by atoms with van der Waals surface area (Å²) in [4.78, 5) is 0. The minimum Gasteiger partial charge on any atom is -0.341 e. The van der Waals surface area contributed by atoms with E-state index in [1.807, 2.05) is 13.8 Å². The normalized spacial score (nSPS) is 12.0. The number of aromatic nitrogens is 3. The van der Waals surface area contributed by atoms with E-state index in [0.29, 0.717) is 6.42 Å². The van der Waals surface area contributed by atoms with Crippen LogP contribution in [0.4, 0.5) is 0 Å². The molecule has 0 spiro atoms. The Hall–Kier alpha value is -1.27. The average molecular weight is 288 g/mol. The summed E-state index contributed by atoms with van der Waals surface area (Å²) in [6, 6.07) is 1.58. The maximum absolute atomic E-state index is 11.3. The first kappa shape index (κ1) is 13.2. The zero-order valence-corrected chi connectivity index (χ0v) is 11.9. The van der Waals surface area contributed by atoms with E-state index in [2.05, 4.69) is 10.2 Å². The predicted molar refractivity (Wildman–Crippen MR) is 69.3 cm³/mol. The van der Waals surface area contributed by atoms with Crippen LogP contribution in [0.2, 0.25) is 0 Å². The summed E-state index contributed by atoms with van der Waals surface area (Å²) < 4.78 is 24.1. The molecule has 0 aromatic carbocycles. The number of aromatic amines is 1. The second-order valence-corrected chi connectivity index (χ2v) is 6.85. The molecule has 98 valence electrons. The van der Waals surface area contributed by atoms with Crippen LogP contribution in [-0.4, -0.2) is 23.2 Å². The van der Waals surface area contributed by atoms with E-state index in [0.717, 1.165) is 22.5 Å². The van der Waals surface area contributed by atoms with Crippen molar-refractivity contribution >= 4 is 19.7 Å². The van der Waals surface area contributed by atoms with E-state index in [1.165, 1.54) is 4.57 Å². The number of hydrogen-bond donors (Lipinski definition) is 1. The van der Waals surface area contributed by atoms with Crippen LogP contribution < -0.4 is 0 Å². The molecule has 2 heterocycles. The van der Waals surface area contributed by atoms with Gasteiger partial charge >= 0.3 is 0 Å². The van der Waals surface area contributed by atoms with Gasteiger partial charge in [-0.15, -0.1) is 0 Å². The Morgan fingerprint density at radius 2 is 2.11 bits per heavy atom. The van der Waals surface area contributed by atoms with E-state index in [-0.39, 0.29) is 5.03 Å². The molecule has 7 heteroatoms. The molecule has 0 unspecified atom stereocenters. The topological polar surface area (TPSA) is 67.8 Å². The molecule has 0 amide bonds. The fourth-order valence-corrected chi connectivity index (χ4v) is 3.00. The highest BCUT2D eigenvalue weighted by molar-refractivity contribution is 8.13. The van der Waals surface area contributed by atoms with Crippen molar-refractivity contribution in [3.8, 4) is 0 Å². The van der Waals surface area contributed by atoms with Gasteiger partial charge in [-0.2, -0.15) is 5.10 Å². The van der Waals surface area contributed by atoms with Crippen molar-refractivity contribution in [1.82, 2.24) is 14.8 Å². The molecule has 0 aliphatic carbocycles. The van der Waals surface area contributed by atoms with Crippen LogP contribution in [0.3, 0.4) is 0 Å². The lowest BCUT2D eigenvalue weighted by Gasteiger charge is -1.95. The Morgan fingerprint density at radius 3 is 2.56 bits per heavy atom. The minimum atomic E-state index is -3.70. The van der Waals surface area contributed by atoms with Crippen LogP contribution >= 0.6 is 10.7 Å². The first-order chi connectivity index (χ1) is 8.29. The third kappa shape index (κ3) is 2.44. The summed E-state index contributed by atoms with van der Waals surface area (Å²) in [7, 11) is 3.30. The number of aryl methyl sites for hydroxylation is 2. The van der Waals surface area contributed by atoms with Gasteiger partial charge in [0.05, 0.1) is 5.69 Å². The van der Waals surface area contributed by atoms with Crippen molar-refractivity contribution in [2.45, 2.75) is 25.3 Å². The van der Waals surface area contributed by atoms with Gasteiger partial charge < -0.3 is 4.57 Å². The largest absolute Gasteiger partial charge is 0.341 e. The van der Waals surface area contributed by atoms with E-state index < -0.39 is 9.05 Å². The number of nitrogens with one attached hydrogen (secondary N) is 1. The fourth-order valence-electron chi connectivity index (χ4n) is 1.85. The Bertz CT molecular complexity index is 685. The summed E-state index contributed by atoms with van der Waals surface area (Å²) in [5.41, 5.74) is 3.89. The maximum Gasteiger partial charge on any atom is 0.276 e. The standard InChI is InChI=1S/C11H14ClN3O2S/c1-7-8(2)13-14-10(7)4-9-5-11(15(3)6-9)18(12,16)17/h5-6H,4H2,1-3H3,(H,13,14). The van der Waals surface area contributed by atoms with Gasteiger partial charge in [0.2, 0.25) is 0 Å². The zero-order valence-electron chi connectivity index (χ0n) is 10.4. The van der Waals surface area contributed by atoms with Crippen LogP contribution in [0, 0.1) is 13.8 Å². The van der Waals surface area contributed by atoms with Crippen LogP contribution in [0.1, 0.15) is 22.5 Å². The Balaban J connectivity index is 2.34. The monoisotopic (exact) mass is 287 g/mol. The molecular formula is C11H14ClN3O2S. The first-order valence-electron chi connectivity index (χ1n) is 5.39. The number of H-pyrrole nitrogens is 1. The van der Waals surface area contributed by atoms with Crippen LogP contribution in [0.15, 0.2) is 17.3 Å². The molecule has 5 nitrogen and oxygen atoms in total. The van der Waals surface area contributed by atoms with Gasteiger partial charge in [-0.25, -0.2) is 8.42 Å². The molecule has 0 bridgehead atoms. The molecule has 0 atom stereocenters. The van der Waals surface area contributed by atoms with Gasteiger partial charge in [0, 0.05) is 36.0 Å². The molecule has 0 aliphatic rings. The third-order valence-corrected chi connectivity index (χ3v) is 4.37. The first-order valence-corrected chi connectivity index (χ1v) is 7.70.